The summed E-state index contributed by atoms with van der Waals surface area (Å²) in [6, 6.07) is 4.95. The molecule has 1 aliphatic rings. The Morgan fingerprint density at radius 3 is 2.60 bits per heavy atom. The van der Waals surface area contributed by atoms with E-state index in [0.29, 0.717) is 40.9 Å². The predicted octanol–water partition coefficient (Wildman–Crippen LogP) is 4.18. The molecule has 0 bridgehead atoms. The Labute approximate surface area is 185 Å². The van der Waals surface area contributed by atoms with E-state index in [-0.39, 0.29) is 18.6 Å². The lowest BCUT2D eigenvalue weighted by molar-refractivity contribution is -0.136. The van der Waals surface area contributed by atoms with Crippen LogP contribution in [0.4, 0.5) is 10.2 Å². The van der Waals surface area contributed by atoms with Crippen LogP contribution in [0.5, 0.6) is 0 Å². The van der Waals surface area contributed by atoms with E-state index in [2.05, 4.69) is 5.32 Å². The second-order valence-corrected chi connectivity index (χ2v) is 7.94. The molecule has 1 amide bonds. The first-order valence-corrected chi connectivity index (χ1v) is 10.7. The molecule has 0 aliphatic carbocycles. The highest BCUT2D eigenvalue weighted by Gasteiger charge is 2.40. The minimum atomic E-state index is -0.757. The monoisotopic (exact) mass is 454 g/mol. The summed E-state index contributed by atoms with van der Waals surface area (Å²) >= 11 is 12.4. The van der Waals surface area contributed by atoms with Crippen LogP contribution in [-0.4, -0.2) is 59.8 Å². The number of alkyl halides is 1. The molecule has 3 rings (SSSR count). The zero-order valence-corrected chi connectivity index (χ0v) is 18.7. The molecule has 6 nitrogen and oxygen atoms in total. The van der Waals surface area contributed by atoms with Crippen LogP contribution in [0, 0.1) is 0 Å². The third-order valence-corrected chi connectivity index (χ3v) is 5.60. The number of aryl methyl sites for hydroxylation is 2. The normalized spacial score (nSPS) is 18.9. The maximum Gasteiger partial charge on any atom is 0.253 e. The van der Waals surface area contributed by atoms with Crippen LogP contribution >= 0.6 is 23.2 Å². The van der Waals surface area contributed by atoms with E-state index in [4.69, 9.17) is 37.9 Å². The molecule has 1 saturated heterocycles. The highest BCUT2D eigenvalue weighted by Crippen LogP contribution is 2.33. The van der Waals surface area contributed by atoms with Crippen molar-refractivity contribution in [1.29, 1.82) is 0 Å². The Hall–Kier alpha value is -1.96. The second-order valence-electron chi connectivity index (χ2n) is 7.10. The number of likely N-dealkylation sites (tertiary alicyclic amines) is 1. The molecule has 0 saturated carbocycles. The van der Waals surface area contributed by atoms with Crippen molar-refractivity contribution in [3.8, 4) is 11.3 Å². The smallest absolute Gasteiger partial charge is 0.253 e. The van der Waals surface area contributed by atoms with Gasteiger partial charge in [0.1, 0.15) is 12.5 Å². The van der Waals surface area contributed by atoms with Crippen molar-refractivity contribution < 1.29 is 13.9 Å². The van der Waals surface area contributed by atoms with Crippen molar-refractivity contribution >= 4 is 34.9 Å². The summed E-state index contributed by atoms with van der Waals surface area (Å²) in [5.74, 6) is 0.428. The van der Waals surface area contributed by atoms with E-state index in [1.165, 1.54) is 0 Å². The van der Waals surface area contributed by atoms with Gasteiger partial charge in [-0.2, -0.15) is 0 Å². The van der Waals surface area contributed by atoms with Gasteiger partial charge in [-0.15, -0.1) is 0 Å². The summed E-state index contributed by atoms with van der Waals surface area (Å²) < 4.78 is 18.1. The molecule has 2 heterocycles. The maximum atomic E-state index is 12.6. The van der Waals surface area contributed by atoms with Gasteiger partial charge < -0.3 is 15.0 Å². The molecule has 9 heteroatoms. The molecule has 2 aromatic rings. The number of benzene rings is 1. The maximum absolute atomic E-state index is 12.6. The van der Waals surface area contributed by atoms with Crippen molar-refractivity contribution in [2.24, 2.45) is 0 Å². The van der Waals surface area contributed by atoms with Gasteiger partial charge in [0.15, 0.2) is 6.10 Å². The van der Waals surface area contributed by atoms with E-state index in [1.807, 2.05) is 19.9 Å². The molecule has 1 aromatic carbocycles. The van der Waals surface area contributed by atoms with Gasteiger partial charge in [-0.1, -0.05) is 37.0 Å². The highest BCUT2D eigenvalue weighted by atomic mass is 35.5. The predicted molar refractivity (Wildman–Crippen MR) is 117 cm³/mol. The van der Waals surface area contributed by atoms with E-state index in [9.17, 15) is 9.18 Å². The molecule has 2 atom stereocenters. The standard InChI is InChI=1S/C21H25Cl2FN4O2/c1-4-15-18(13-7-6-12(22)10-14(13)23)25-16(5-2)20(26-15)27-17-11-28(3)21(29)19(17)30-9-8-24/h6-7,10,17,19H,4-5,8-9,11H2,1-3H3,(H,26,27)/t17-,19-/m1/s1. The Morgan fingerprint density at radius 1 is 1.23 bits per heavy atom. The average molecular weight is 455 g/mol. The Kier molecular flexibility index (Phi) is 7.50. The number of amides is 1. The first-order chi connectivity index (χ1) is 14.4. The lowest BCUT2D eigenvalue weighted by atomic mass is 10.1. The summed E-state index contributed by atoms with van der Waals surface area (Å²) in [6.45, 7) is 3.65. The molecule has 0 spiro atoms. The minimum absolute atomic E-state index is 0.122. The number of aromatic nitrogens is 2. The summed E-state index contributed by atoms with van der Waals surface area (Å²) in [4.78, 5) is 23.6. The minimum Gasteiger partial charge on any atom is -0.363 e. The molecule has 1 fully saturated rings. The Balaban J connectivity index is 1.96. The van der Waals surface area contributed by atoms with Crippen LogP contribution < -0.4 is 5.32 Å². The molecular weight excluding hydrogens is 430 g/mol. The Morgan fingerprint density at radius 2 is 1.97 bits per heavy atom. The van der Waals surface area contributed by atoms with Gasteiger partial charge in [-0.05, 0) is 31.0 Å². The zero-order valence-electron chi connectivity index (χ0n) is 17.2. The summed E-state index contributed by atoms with van der Waals surface area (Å²) in [6.07, 6.45) is 0.516. The third kappa shape index (κ3) is 4.68. The first kappa shape index (κ1) is 22.7. The number of hydrogen-bond acceptors (Lipinski definition) is 5. The number of rotatable bonds is 8. The van der Waals surface area contributed by atoms with E-state index < -0.39 is 12.8 Å². The third-order valence-electron chi connectivity index (χ3n) is 5.05. The van der Waals surface area contributed by atoms with Crippen LogP contribution in [0.15, 0.2) is 18.2 Å². The molecule has 1 aromatic heterocycles. The number of hydrogen-bond donors (Lipinski definition) is 1. The zero-order chi connectivity index (χ0) is 21.8. The van der Waals surface area contributed by atoms with Crippen molar-refractivity contribution in [1.82, 2.24) is 14.9 Å². The topological polar surface area (TPSA) is 67.4 Å². The van der Waals surface area contributed by atoms with Gasteiger partial charge in [-0.3, -0.25) is 4.79 Å². The average Bonchev–Trinajstić information content (AvgIpc) is 2.99. The van der Waals surface area contributed by atoms with Crippen LogP contribution in [0.2, 0.25) is 10.0 Å². The van der Waals surface area contributed by atoms with E-state index >= 15 is 0 Å². The summed E-state index contributed by atoms with van der Waals surface area (Å²) in [7, 11) is 1.70. The van der Waals surface area contributed by atoms with Gasteiger partial charge in [0.2, 0.25) is 0 Å². The lowest BCUT2D eigenvalue weighted by Crippen LogP contribution is -2.37. The van der Waals surface area contributed by atoms with Crippen molar-refractivity contribution in [2.45, 2.75) is 38.8 Å². The number of ether oxygens (including phenoxy) is 1. The summed E-state index contributed by atoms with van der Waals surface area (Å²) in [5, 5.41) is 4.38. The number of halogens is 3. The number of likely N-dealkylation sites (N-methyl/N-ethyl adjacent to an activating group) is 1. The molecule has 162 valence electrons. The highest BCUT2D eigenvalue weighted by molar-refractivity contribution is 6.36. The molecule has 0 unspecified atom stereocenters. The molecule has 1 aliphatic heterocycles. The SMILES string of the molecule is CCc1nc(-c2ccc(Cl)cc2Cl)c(CC)nc1N[C@@H]1CN(C)C(=O)[C@@H]1OCCF. The van der Waals surface area contributed by atoms with Gasteiger partial charge >= 0.3 is 0 Å². The van der Waals surface area contributed by atoms with Crippen LogP contribution in [-0.2, 0) is 22.4 Å². The van der Waals surface area contributed by atoms with Gasteiger partial charge in [0, 0.05) is 24.2 Å². The molecular formula is C21H25Cl2FN4O2. The second kappa shape index (κ2) is 9.90. The van der Waals surface area contributed by atoms with E-state index in [0.717, 1.165) is 17.0 Å². The summed E-state index contributed by atoms with van der Waals surface area (Å²) in [5.41, 5.74) is 3.01. The van der Waals surface area contributed by atoms with Crippen LogP contribution in [0.1, 0.15) is 25.2 Å². The first-order valence-electron chi connectivity index (χ1n) is 9.93. The van der Waals surface area contributed by atoms with Gasteiger partial charge in [-0.25, -0.2) is 14.4 Å². The fourth-order valence-electron chi connectivity index (χ4n) is 3.54. The number of nitrogens with one attached hydrogen (secondary N) is 1. The lowest BCUT2D eigenvalue weighted by Gasteiger charge is -2.21. The number of nitrogens with zero attached hydrogens (tertiary/aromatic N) is 3. The van der Waals surface area contributed by atoms with Crippen molar-refractivity contribution in [3.63, 3.8) is 0 Å². The van der Waals surface area contributed by atoms with Crippen LogP contribution in [0.25, 0.3) is 11.3 Å². The number of anilines is 1. The number of carbonyl (C=O) groups is 1. The van der Waals surface area contributed by atoms with Gasteiger partial charge in [0.25, 0.3) is 5.91 Å². The molecule has 1 N–H and O–H groups in total. The molecule has 0 radical (unpaired) electrons. The Bertz CT molecular complexity index is 928. The fourth-order valence-corrected chi connectivity index (χ4v) is 4.03. The van der Waals surface area contributed by atoms with Crippen LogP contribution in [0.3, 0.4) is 0 Å². The van der Waals surface area contributed by atoms with E-state index in [1.54, 1.807) is 24.1 Å². The fraction of sp³-hybridized carbons (Fsp3) is 0.476. The quantitative estimate of drug-likeness (QED) is 0.647. The molecule has 30 heavy (non-hydrogen) atoms. The number of carbonyl (C=O) groups excluding carboxylic acids is 1. The largest absolute Gasteiger partial charge is 0.363 e. The van der Waals surface area contributed by atoms with Gasteiger partial charge in [0.05, 0.1) is 34.8 Å². The van der Waals surface area contributed by atoms with Crippen molar-refractivity contribution in [3.05, 3.63) is 39.6 Å². The van der Waals surface area contributed by atoms with Crippen molar-refractivity contribution in [2.75, 3.05) is 32.2 Å².